The Balaban J connectivity index is 2.08. The van der Waals surface area contributed by atoms with Crippen LogP contribution in [-0.2, 0) is 12.1 Å². The minimum atomic E-state index is -0.353. The molecule has 0 unspecified atom stereocenters. The van der Waals surface area contributed by atoms with Gasteiger partial charge in [0.25, 0.3) is 0 Å². The van der Waals surface area contributed by atoms with Gasteiger partial charge in [-0.2, -0.15) is 0 Å². The maximum Gasteiger partial charge on any atom is 0.0781 e. The van der Waals surface area contributed by atoms with Crippen molar-refractivity contribution in [1.29, 1.82) is 0 Å². The molecule has 0 aliphatic heterocycles. The minimum absolute atomic E-state index is 0.353. The van der Waals surface area contributed by atoms with E-state index >= 15 is 0 Å². The Morgan fingerprint density at radius 1 is 1.00 bits per heavy atom. The van der Waals surface area contributed by atoms with Crippen LogP contribution in [0.4, 0.5) is 0 Å². The summed E-state index contributed by atoms with van der Waals surface area (Å²) < 4.78 is 0. The third-order valence-electron chi connectivity index (χ3n) is 4.32. The van der Waals surface area contributed by atoms with Crippen LogP contribution in [0.15, 0.2) is 61.1 Å². The Hall–Kier alpha value is -2.56. The summed E-state index contributed by atoms with van der Waals surface area (Å²) >= 11 is 0. The van der Waals surface area contributed by atoms with Gasteiger partial charge < -0.3 is 10.6 Å². The van der Waals surface area contributed by atoms with Gasteiger partial charge in [0, 0.05) is 47.4 Å². The molecule has 0 saturated carbocycles. The molecule has 26 heavy (non-hydrogen) atoms. The predicted octanol–water partition coefficient (Wildman–Crippen LogP) is 4.07. The summed E-state index contributed by atoms with van der Waals surface area (Å²) in [6.07, 6.45) is 5.63. The van der Waals surface area contributed by atoms with Gasteiger partial charge in [-0.15, -0.1) is 0 Å². The van der Waals surface area contributed by atoms with Crippen molar-refractivity contribution in [3.05, 3.63) is 72.2 Å². The lowest BCUT2D eigenvalue weighted by molar-refractivity contribution is 0.402. The average Bonchev–Trinajstić information content (AvgIpc) is 2.61. The molecular weight excluding hydrogens is 320 g/mol. The number of pyridine rings is 2. The third kappa shape index (κ3) is 4.15. The van der Waals surface area contributed by atoms with Crippen molar-refractivity contribution in [2.45, 2.75) is 25.9 Å². The summed E-state index contributed by atoms with van der Waals surface area (Å²) in [6.45, 7) is 4.87. The van der Waals surface area contributed by atoms with Gasteiger partial charge in [-0.1, -0.05) is 30.3 Å². The second-order valence-corrected chi connectivity index (χ2v) is 7.52. The Morgan fingerprint density at radius 3 is 2.31 bits per heavy atom. The highest BCUT2D eigenvalue weighted by Crippen LogP contribution is 2.32. The van der Waals surface area contributed by atoms with Gasteiger partial charge in [-0.05, 0) is 51.2 Å². The minimum Gasteiger partial charge on any atom is -0.322 e. The van der Waals surface area contributed by atoms with E-state index in [-0.39, 0.29) is 5.54 Å². The molecule has 3 aromatic rings. The Morgan fingerprint density at radius 2 is 1.73 bits per heavy atom. The smallest absolute Gasteiger partial charge is 0.0781 e. The van der Waals surface area contributed by atoms with E-state index in [0.29, 0.717) is 0 Å². The lowest BCUT2D eigenvalue weighted by atomic mass is 9.93. The molecule has 0 aliphatic carbocycles. The molecule has 134 valence electrons. The molecule has 0 aliphatic rings. The molecule has 1 aromatic carbocycles. The van der Waals surface area contributed by atoms with Crippen molar-refractivity contribution in [2.75, 3.05) is 14.1 Å². The van der Waals surface area contributed by atoms with Gasteiger partial charge in [0.1, 0.15) is 0 Å². The second kappa shape index (κ2) is 7.36. The molecule has 4 heteroatoms. The van der Waals surface area contributed by atoms with Crippen molar-refractivity contribution in [2.24, 2.45) is 5.73 Å². The van der Waals surface area contributed by atoms with Gasteiger partial charge >= 0.3 is 0 Å². The number of aromatic nitrogens is 2. The molecule has 2 N–H and O–H groups in total. The number of benzene rings is 1. The molecule has 0 bridgehead atoms. The zero-order valence-corrected chi connectivity index (χ0v) is 15.9. The number of rotatable bonds is 5. The molecule has 0 saturated heterocycles. The summed E-state index contributed by atoms with van der Waals surface area (Å²) in [5.41, 5.74) is 12.3. The molecule has 4 nitrogen and oxygen atoms in total. The summed E-state index contributed by atoms with van der Waals surface area (Å²) in [4.78, 5) is 11.2. The summed E-state index contributed by atoms with van der Waals surface area (Å²) in [5, 5.41) is 0. The highest BCUT2D eigenvalue weighted by atomic mass is 15.0. The Bertz CT molecular complexity index is 863. The zero-order valence-electron chi connectivity index (χ0n) is 15.9. The molecule has 2 heterocycles. The van der Waals surface area contributed by atoms with Crippen molar-refractivity contribution in [3.8, 4) is 22.4 Å². The van der Waals surface area contributed by atoms with Crippen LogP contribution in [0.2, 0.25) is 0 Å². The molecule has 0 spiro atoms. The number of nitrogens with two attached hydrogens (primary N) is 1. The largest absolute Gasteiger partial charge is 0.322 e. The normalized spacial score (nSPS) is 11.8. The van der Waals surface area contributed by atoms with E-state index in [4.69, 9.17) is 10.7 Å². The van der Waals surface area contributed by atoms with Gasteiger partial charge in [-0.25, -0.2) is 0 Å². The zero-order chi connectivity index (χ0) is 18.7. The standard InChI is InChI=1S/C22H26N4/c1-22(2,23)19-9-7-17(8-10-19)21-20(18-6-5-11-24-14-18)12-16(13-25-21)15-26(3)4/h5-14H,15,23H2,1-4H3. The fraction of sp³-hybridized carbons (Fsp3) is 0.273. The molecule has 0 radical (unpaired) electrons. The van der Waals surface area contributed by atoms with Crippen LogP contribution in [0.5, 0.6) is 0 Å². The van der Waals surface area contributed by atoms with E-state index < -0.39 is 0 Å². The second-order valence-electron chi connectivity index (χ2n) is 7.52. The van der Waals surface area contributed by atoms with Gasteiger partial charge in [0.05, 0.1) is 5.69 Å². The quantitative estimate of drug-likeness (QED) is 0.757. The lowest BCUT2D eigenvalue weighted by Gasteiger charge is -2.19. The van der Waals surface area contributed by atoms with E-state index in [1.807, 2.05) is 32.3 Å². The van der Waals surface area contributed by atoms with Crippen LogP contribution in [-0.4, -0.2) is 29.0 Å². The van der Waals surface area contributed by atoms with Crippen LogP contribution in [0, 0.1) is 0 Å². The average molecular weight is 346 g/mol. The van der Waals surface area contributed by atoms with E-state index in [0.717, 1.165) is 34.5 Å². The van der Waals surface area contributed by atoms with Crippen LogP contribution < -0.4 is 5.73 Å². The van der Waals surface area contributed by atoms with Gasteiger partial charge in [-0.3, -0.25) is 9.97 Å². The van der Waals surface area contributed by atoms with Crippen molar-refractivity contribution in [1.82, 2.24) is 14.9 Å². The van der Waals surface area contributed by atoms with E-state index in [1.165, 1.54) is 5.56 Å². The SMILES string of the molecule is CN(C)Cc1cnc(-c2ccc(C(C)(C)N)cc2)c(-c2cccnc2)c1. The molecule has 0 amide bonds. The van der Waals surface area contributed by atoms with E-state index in [1.54, 1.807) is 6.20 Å². The van der Waals surface area contributed by atoms with Crippen molar-refractivity contribution >= 4 is 0 Å². The fourth-order valence-electron chi connectivity index (χ4n) is 2.99. The predicted molar refractivity (Wildman–Crippen MR) is 108 cm³/mol. The lowest BCUT2D eigenvalue weighted by Crippen LogP contribution is -2.28. The fourth-order valence-corrected chi connectivity index (χ4v) is 2.99. The van der Waals surface area contributed by atoms with Crippen LogP contribution in [0.25, 0.3) is 22.4 Å². The summed E-state index contributed by atoms with van der Waals surface area (Å²) in [5.74, 6) is 0. The topological polar surface area (TPSA) is 55.0 Å². The first-order valence-electron chi connectivity index (χ1n) is 8.78. The summed E-state index contributed by atoms with van der Waals surface area (Å²) in [6, 6.07) is 14.6. The van der Waals surface area contributed by atoms with Gasteiger partial charge in [0.2, 0.25) is 0 Å². The highest BCUT2D eigenvalue weighted by molar-refractivity contribution is 5.80. The maximum absolute atomic E-state index is 6.20. The molecule has 0 fully saturated rings. The van der Waals surface area contributed by atoms with Crippen LogP contribution in [0.1, 0.15) is 25.0 Å². The molecular formula is C22H26N4. The molecule has 2 aromatic heterocycles. The van der Waals surface area contributed by atoms with Crippen LogP contribution >= 0.6 is 0 Å². The monoisotopic (exact) mass is 346 g/mol. The van der Waals surface area contributed by atoms with E-state index in [2.05, 4.69) is 60.4 Å². The van der Waals surface area contributed by atoms with Crippen LogP contribution in [0.3, 0.4) is 0 Å². The van der Waals surface area contributed by atoms with Crippen molar-refractivity contribution < 1.29 is 0 Å². The first-order valence-corrected chi connectivity index (χ1v) is 8.78. The third-order valence-corrected chi connectivity index (χ3v) is 4.32. The highest BCUT2D eigenvalue weighted by Gasteiger charge is 2.15. The first-order chi connectivity index (χ1) is 12.3. The first kappa shape index (κ1) is 18.2. The number of hydrogen-bond donors (Lipinski definition) is 1. The number of hydrogen-bond acceptors (Lipinski definition) is 4. The Labute approximate surface area is 155 Å². The number of nitrogens with zero attached hydrogens (tertiary/aromatic N) is 3. The molecule has 3 rings (SSSR count). The molecule has 0 atom stereocenters. The van der Waals surface area contributed by atoms with Gasteiger partial charge in [0.15, 0.2) is 0 Å². The van der Waals surface area contributed by atoms with Crippen molar-refractivity contribution in [3.63, 3.8) is 0 Å². The maximum atomic E-state index is 6.20. The summed E-state index contributed by atoms with van der Waals surface area (Å²) in [7, 11) is 4.12. The Kier molecular flexibility index (Phi) is 5.16. The van der Waals surface area contributed by atoms with E-state index in [9.17, 15) is 0 Å².